The van der Waals surface area contributed by atoms with Crippen LogP contribution in [0.5, 0.6) is 5.75 Å². The molecule has 0 radical (unpaired) electrons. The molecule has 2 aromatic carbocycles. The summed E-state index contributed by atoms with van der Waals surface area (Å²) in [5.41, 5.74) is 0.860. The van der Waals surface area contributed by atoms with Crippen molar-refractivity contribution >= 4 is 51.4 Å². The Morgan fingerprint density at radius 3 is 2.78 bits per heavy atom. The van der Waals surface area contributed by atoms with Gasteiger partial charge in [-0.2, -0.15) is 0 Å². The summed E-state index contributed by atoms with van der Waals surface area (Å²) in [4.78, 5) is 17.9. The normalized spacial score (nSPS) is 10.8. The fraction of sp³-hybridized carbons (Fsp3) is 0.143. The lowest BCUT2D eigenvalue weighted by Crippen LogP contribution is -2.23. The van der Waals surface area contributed by atoms with Crippen molar-refractivity contribution in [3.05, 3.63) is 76.3 Å². The fourth-order valence-corrected chi connectivity index (χ4v) is 4.55. The van der Waals surface area contributed by atoms with Crippen molar-refractivity contribution < 1.29 is 18.3 Å². The number of hydrogen-bond acceptors (Lipinski definition) is 8. The highest BCUT2D eigenvalue weighted by atomic mass is 35.5. The third-order valence-corrected chi connectivity index (χ3v) is 6.16. The van der Waals surface area contributed by atoms with Gasteiger partial charge in [0.1, 0.15) is 11.6 Å². The minimum atomic E-state index is -0.494. The van der Waals surface area contributed by atoms with Gasteiger partial charge in [-0.15, -0.1) is 21.5 Å². The van der Waals surface area contributed by atoms with Gasteiger partial charge in [0.05, 0.1) is 16.4 Å². The van der Waals surface area contributed by atoms with E-state index in [2.05, 4.69) is 15.2 Å². The van der Waals surface area contributed by atoms with Crippen molar-refractivity contribution in [1.82, 2.24) is 15.2 Å². The number of carbonyl (C=O) groups excluding carboxylic acids is 1. The first kappa shape index (κ1) is 22.3. The Morgan fingerprint density at radius 1 is 1.22 bits per heavy atom. The van der Waals surface area contributed by atoms with Crippen LogP contribution in [0.3, 0.4) is 0 Å². The number of para-hydroxylation sites is 2. The molecule has 0 saturated heterocycles. The van der Waals surface area contributed by atoms with E-state index in [1.807, 2.05) is 12.1 Å². The summed E-state index contributed by atoms with van der Waals surface area (Å²) in [6, 6.07) is 13.2. The molecule has 1 amide bonds. The summed E-state index contributed by atoms with van der Waals surface area (Å²) >= 11 is 8.61. The second-order valence-electron chi connectivity index (χ2n) is 6.40. The van der Waals surface area contributed by atoms with Gasteiger partial charge in [-0.05, 0) is 24.3 Å². The Labute approximate surface area is 196 Å². The lowest BCUT2D eigenvalue weighted by molar-refractivity contribution is -0.115. The zero-order valence-corrected chi connectivity index (χ0v) is 19.1. The maximum atomic E-state index is 14.2. The van der Waals surface area contributed by atoms with Crippen LogP contribution < -0.4 is 9.64 Å². The molecule has 0 N–H and O–H groups in total. The van der Waals surface area contributed by atoms with Crippen LogP contribution in [-0.2, 0) is 17.2 Å². The predicted molar refractivity (Wildman–Crippen MR) is 121 cm³/mol. The summed E-state index contributed by atoms with van der Waals surface area (Å²) in [6.45, 7) is 1.46. The number of benzene rings is 2. The van der Waals surface area contributed by atoms with Crippen LogP contribution in [-0.4, -0.2) is 21.1 Å². The number of halogens is 2. The van der Waals surface area contributed by atoms with Crippen molar-refractivity contribution in [2.24, 2.45) is 0 Å². The lowest BCUT2D eigenvalue weighted by Gasteiger charge is -2.18. The molecule has 0 spiro atoms. The molecule has 32 heavy (non-hydrogen) atoms. The summed E-state index contributed by atoms with van der Waals surface area (Å²) < 4.78 is 25.4. The second-order valence-corrected chi connectivity index (χ2v) is 8.57. The first-order chi connectivity index (χ1) is 15.5. The average molecular weight is 491 g/mol. The van der Waals surface area contributed by atoms with Crippen molar-refractivity contribution in [3.8, 4) is 5.75 Å². The molecule has 2 heterocycles. The Hall–Kier alpha value is -2.95. The highest BCUT2D eigenvalue weighted by Crippen LogP contribution is 2.32. The predicted octanol–water partition coefficient (Wildman–Crippen LogP) is 5.87. The molecule has 0 saturated carbocycles. The summed E-state index contributed by atoms with van der Waals surface area (Å²) in [5.74, 6) is 0.456. The molecular formula is C21H16ClFN4O3S2. The van der Waals surface area contributed by atoms with Crippen LogP contribution in [0.25, 0.3) is 0 Å². The number of nitrogens with zero attached hydrogens (tertiary/aromatic N) is 4. The van der Waals surface area contributed by atoms with Crippen molar-refractivity contribution in [2.45, 2.75) is 24.5 Å². The SMILES string of the molecule is CC(=O)N(c1nc(CSc2nnc(COc3ccccc3Cl)o2)cs1)c1ccccc1F. The Morgan fingerprint density at radius 2 is 2.00 bits per heavy atom. The van der Waals surface area contributed by atoms with Crippen LogP contribution in [0.1, 0.15) is 18.5 Å². The molecule has 0 aliphatic carbocycles. The summed E-state index contributed by atoms with van der Waals surface area (Å²) in [5, 5.41) is 11.0. The van der Waals surface area contributed by atoms with Crippen molar-refractivity contribution in [3.63, 3.8) is 0 Å². The van der Waals surface area contributed by atoms with Gasteiger partial charge in [0.2, 0.25) is 5.91 Å². The smallest absolute Gasteiger partial charge is 0.277 e. The number of thioether (sulfide) groups is 1. The fourth-order valence-electron chi connectivity index (χ4n) is 2.70. The van der Waals surface area contributed by atoms with E-state index in [1.54, 1.807) is 29.6 Å². The minimum Gasteiger partial charge on any atom is -0.482 e. The van der Waals surface area contributed by atoms with Gasteiger partial charge < -0.3 is 9.15 Å². The van der Waals surface area contributed by atoms with E-state index in [0.717, 1.165) is 0 Å². The van der Waals surface area contributed by atoms with Crippen molar-refractivity contribution in [2.75, 3.05) is 4.90 Å². The molecule has 11 heteroatoms. The molecule has 7 nitrogen and oxygen atoms in total. The second kappa shape index (κ2) is 10.1. The lowest BCUT2D eigenvalue weighted by atomic mass is 10.3. The van der Waals surface area contributed by atoms with E-state index in [-0.39, 0.29) is 18.2 Å². The Bertz CT molecular complexity index is 1230. The largest absolute Gasteiger partial charge is 0.482 e. The molecule has 0 aliphatic rings. The van der Waals surface area contributed by atoms with Crippen LogP contribution in [0.4, 0.5) is 15.2 Å². The third-order valence-electron chi connectivity index (χ3n) is 4.12. The maximum absolute atomic E-state index is 14.2. The van der Waals surface area contributed by atoms with Crippen LogP contribution in [0, 0.1) is 5.82 Å². The highest BCUT2D eigenvalue weighted by molar-refractivity contribution is 7.98. The summed E-state index contributed by atoms with van der Waals surface area (Å²) in [6.07, 6.45) is 0. The Kier molecular flexibility index (Phi) is 7.03. The van der Waals surface area contributed by atoms with Gasteiger partial charge in [-0.3, -0.25) is 9.69 Å². The van der Waals surface area contributed by atoms with E-state index in [0.29, 0.717) is 38.5 Å². The number of rotatable bonds is 8. The van der Waals surface area contributed by atoms with Gasteiger partial charge in [0.15, 0.2) is 11.7 Å². The number of amides is 1. The van der Waals surface area contributed by atoms with E-state index in [1.165, 1.54) is 47.1 Å². The Balaban J connectivity index is 1.38. The van der Waals surface area contributed by atoms with Gasteiger partial charge in [0.25, 0.3) is 11.1 Å². The number of ether oxygens (including phenoxy) is 1. The first-order valence-electron chi connectivity index (χ1n) is 9.33. The topological polar surface area (TPSA) is 81.4 Å². The average Bonchev–Trinajstić information content (AvgIpc) is 3.43. The zero-order valence-electron chi connectivity index (χ0n) is 16.7. The quantitative estimate of drug-likeness (QED) is 0.285. The maximum Gasteiger partial charge on any atom is 0.277 e. The summed E-state index contributed by atoms with van der Waals surface area (Å²) in [7, 11) is 0. The standard InChI is InChI=1S/C21H16ClFN4O3S2/c1-13(28)27(17-8-4-3-7-16(17)23)20-24-14(11-31-20)12-32-21-26-25-19(30-21)10-29-18-9-5-2-6-15(18)22/h2-9,11H,10,12H2,1H3. The number of thiazole rings is 1. The molecule has 2 aromatic heterocycles. The first-order valence-corrected chi connectivity index (χ1v) is 11.6. The molecular weight excluding hydrogens is 475 g/mol. The molecule has 0 unspecified atom stereocenters. The molecule has 0 bridgehead atoms. The number of anilines is 2. The molecule has 4 rings (SSSR count). The third kappa shape index (κ3) is 5.26. The number of aromatic nitrogens is 3. The molecule has 0 aliphatic heterocycles. The number of carbonyl (C=O) groups is 1. The minimum absolute atomic E-state index is 0.0916. The monoisotopic (exact) mass is 490 g/mol. The van der Waals surface area contributed by atoms with E-state index < -0.39 is 5.82 Å². The van der Waals surface area contributed by atoms with Gasteiger partial charge in [0, 0.05) is 18.1 Å². The van der Waals surface area contributed by atoms with Crippen molar-refractivity contribution in [1.29, 1.82) is 0 Å². The zero-order chi connectivity index (χ0) is 22.5. The highest BCUT2D eigenvalue weighted by Gasteiger charge is 2.21. The van der Waals surface area contributed by atoms with Crippen LogP contribution >= 0.6 is 34.7 Å². The van der Waals surface area contributed by atoms with E-state index >= 15 is 0 Å². The molecule has 164 valence electrons. The molecule has 0 fully saturated rings. The van der Waals surface area contributed by atoms with Crippen LogP contribution in [0.15, 0.2) is 63.6 Å². The van der Waals surface area contributed by atoms with Crippen LogP contribution in [0.2, 0.25) is 5.02 Å². The van der Waals surface area contributed by atoms with E-state index in [9.17, 15) is 9.18 Å². The van der Waals surface area contributed by atoms with Gasteiger partial charge in [-0.25, -0.2) is 9.37 Å². The van der Waals surface area contributed by atoms with Gasteiger partial charge >= 0.3 is 0 Å². The van der Waals surface area contributed by atoms with Gasteiger partial charge in [-0.1, -0.05) is 47.6 Å². The number of hydrogen-bond donors (Lipinski definition) is 0. The van der Waals surface area contributed by atoms with E-state index in [4.69, 9.17) is 20.8 Å². The molecule has 0 atom stereocenters. The molecule has 4 aromatic rings.